The first kappa shape index (κ1) is 22.0. The largest absolute Gasteiger partial charge is 0.408 e. The topological polar surface area (TPSA) is 118 Å². The molecule has 13 heteroatoms. The zero-order valence-corrected chi connectivity index (χ0v) is 15.5. The van der Waals surface area contributed by atoms with Crippen molar-refractivity contribution in [2.24, 2.45) is 10.7 Å². The van der Waals surface area contributed by atoms with Gasteiger partial charge >= 0.3 is 11.2 Å². The first-order valence-electron chi connectivity index (χ1n) is 7.41. The number of rotatable bonds is 10. The number of guanidine groups is 1. The monoisotopic (exact) mass is 412 g/mol. The molecule has 0 bridgehead atoms. The summed E-state index contributed by atoms with van der Waals surface area (Å²) in [6.07, 6.45) is 0.858. The van der Waals surface area contributed by atoms with Crippen molar-refractivity contribution in [2.45, 2.75) is 25.4 Å². The Hall–Kier alpha value is -2.02. The Morgan fingerprint density at radius 1 is 1.54 bits per heavy atom. The van der Waals surface area contributed by atoms with Gasteiger partial charge in [0, 0.05) is 11.9 Å². The highest BCUT2D eigenvalue weighted by Crippen LogP contribution is 2.18. The van der Waals surface area contributed by atoms with Gasteiger partial charge < -0.3 is 16.4 Å². The average molecular weight is 412 g/mol. The van der Waals surface area contributed by atoms with E-state index in [0.29, 0.717) is 18.1 Å². The molecule has 0 radical (unpaired) electrons. The molecule has 0 fully saturated rings. The zero-order chi connectivity index (χ0) is 19.6. The number of nitrogens with one attached hydrogen (secondary N) is 2. The Morgan fingerprint density at radius 3 is 2.88 bits per heavy atom. The standard InChI is InChI=1S/C13H19F3N6O2S2/c1-25-10(22(23)24)6-18-5-3-2-4-9-7-26-12(20-9)21-11(17)19-8-13(14,15)16/h6-7,18H,2-5,8H2,1H3,(H3,17,19,20,21). The number of hydrogen-bond donors (Lipinski definition) is 3. The number of nitrogens with two attached hydrogens (primary N) is 1. The van der Waals surface area contributed by atoms with Crippen molar-refractivity contribution in [3.05, 3.63) is 32.4 Å². The number of aromatic nitrogens is 1. The summed E-state index contributed by atoms with van der Waals surface area (Å²) in [5.74, 6) is -0.338. The minimum Gasteiger partial charge on any atom is -0.385 e. The summed E-state index contributed by atoms with van der Waals surface area (Å²) < 4.78 is 36.1. The first-order chi connectivity index (χ1) is 12.2. The van der Waals surface area contributed by atoms with Crippen LogP contribution in [0.15, 0.2) is 21.6 Å². The van der Waals surface area contributed by atoms with E-state index in [4.69, 9.17) is 5.73 Å². The van der Waals surface area contributed by atoms with Crippen LogP contribution in [-0.4, -0.2) is 41.4 Å². The molecule has 0 saturated heterocycles. The molecule has 0 aliphatic carbocycles. The summed E-state index contributed by atoms with van der Waals surface area (Å²) in [6.45, 7) is -0.760. The molecule has 8 nitrogen and oxygen atoms in total. The molecule has 0 spiro atoms. The van der Waals surface area contributed by atoms with E-state index >= 15 is 0 Å². The van der Waals surface area contributed by atoms with Gasteiger partial charge in [-0.05, 0) is 25.5 Å². The van der Waals surface area contributed by atoms with Crippen molar-refractivity contribution < 1.29 is 18.1 Å². The van der Waals surface area contributed by atoms with E-state index in [-0.39, 0.29) is 11.0 Å². The number of alkyl halides is 3. The highest BCUT2D eigenvalue weighted by molar-refractivity contribution is 8.02. The maximum Gasteiger partial charge on any atom is 0.408 e. The highest BCUT2D eigenvalue weighted by Gasteiger charge is 2.26. The van der Waals surface area contributed by atoms with Gasteiger partial charge in [-0.15, -0.1) is 11.3 Å². The SMILES string of the molecule is CSC(=CNCCCCc1csc(NC(N)=NCC(F)(F)F)n1)[N+](=O)[O-]. The molecule has 0 unspecified atom stereocenters. The number of aryl methyl sites for hydroxylation is 1. The Bertz CT molecular complexity index is 648. The first-order valence-corrected chi connectivity index (χ1v) is 9.51. The average Bonchev–Trinajstić information content (AvgIpc) is 2.98. The fourth-order valence-corrected chi connectivity index (χ4v) is 2.78. The molecule has 1 heterocycles. The van der Waals surface area contributed by atoms with Crippen LogP contribution in [0.2, 0.25) is 0 Å². The van der Waals surface area contributed by atoms with Gasteiger partial charge in [0.25, 0.3) is 0 Å². The molecular weight excluding hydrogens is 393 g/mol. The predicted molar refractivity (Wildman–Crippen MR) is 97.8 cm³/mol. The van der Waals surface area contributed by atoms with Gasteiger partial charge in [0.1, 0.15) is 6.54 Å². The molecule has 1 aromatic rings. The van der Waals surface area contributed by atoms with Gasteiger partial charge in [0.05, 0.1) is 16.8 Å². The fraction of sp³-hybridized carbons (Fsp3) is 0.538. The molecule has 4 N–H and O–H groups in total. The van der Waals surface area contributed by atoms with Crippen molar-refractivity contribution in [2.75, 3.05) is 24.7 Å². The van der Waals surface area contributed by atoms with Gasteiger partial charge in [-0.2, -0.15) is 13.2 Å². The number of nitrogens with zero attached hydrogens (tertiary/aromatic N) is 3. The number of thiazole rings is 1. The fourth-order valence-electron chi connectivity index (χ4n) is 1.68. The van der Waals surface area contributed by atoms with Crippen molar-refractivity contribution in [3.8, 4) is 0 Å². The van der Waals surface area contributed by atoms with Crippen molar-refractivity contribution in [1.82, 2.24) is 10.3 Å². The van der Waals surface area contributed by atoms with Gasteiger partial charge in [0.15, 0.2) is 11.1 Å². The lowest BCUT2D eigenvalue weighted by Crippen LogP contribution is -2.25. The maximum atomic E-state index is 12.0. The molecule has 0 atom stereocenters. The lowest BCUT2D eigenvalue weighted by molar-refractivity contribution is -0.410. The molecule has 26 heavy (non-hydrogen) atoms. The van der Waals surface area contributed by atoms with Gasteiger partial charge in [-0.25, -0.2) is 9.98 Å². The van der Waals surface area contributed by atoms with Crippen molar-refractivity contribution >= 4 is 34.2 Å². The molecular formula is C13H19F3N6O2S2. The van der Waals surface area contributed by atoms with Crippen LogP contribution >= 0.6 is 23.1 Å². The number of unbranched alkanes of at least 4 members (excludes halogenated alkanes) is 1. The van der Waals surface area contributed by atoms with Crippen LogP contribution in [0.3, 0.4) is 0 Å². The van der Waals surface area contributed by atoms with Crippen LogP contribution in [0, 0.1) is 10.1 Å². The minimum atomic E-state index is -4.40. The van der Waals surface area contributed by atoms with E-state index in [9.17, 15) is 23.3 Å². The minimum absolute atomic E-state index is 0.0463. The third-order valence-corrected chi connectivity index (χ3v) is 4.33. The summed E-state index contributed by atoms with van der Waals surface area (Å²) in [6, 6.07) is 0. The van der Waals surface area contributed by atoms with E-state index in [1.165, 1.54) is 17.5 Å². The van der Waals surface area contributed by atoms with Crippen LogP contribution < -0.4 is 16.4 Å². The van der Waals surface area contributed by atoms with Crippen LogP contribution in [0.1, 0.15) is 18.5 Å². The lowest BCUT2D eigenvalue weighted by atomic mass is 10.2. The quantitative estimate of drug-likeness (QED) is 0.178. The van der Waals surface area contributed by atoms with Crippen LogP contribution in [0.4, 0.5) is 18.3 Å². The number of aliphatic imine (C=N–C) groups is 1. The number of nitro groups is 1. The zero-order valence-electron chi connectivity index (χ0n) is 13.9. The van der Waals surface area contributed by atoms with E-state index in [1.807, 2.05) is 0 Å². The van der Waals surface area contributed by atoms with E-state index in [1.54, 1.807) is 11.6 Å². The molecule has 0 amide bonds. The maximum absolute atomic E-state index is 12.0. The third kappa shape index (κ3) is 9.46. The van der Waals surface area contributed by atoms with Gasteiger partial charge in [-0.3, -0.25) is 10.1 Å². The van der Waals surface area contributed by atoms with E-state index < -0.39 is 17.6 Å². The van der Waals surface area contributed by atoms with Crippen molar-refractivity contribution in [3.63, 3.8) is 0 Å². The summed E-state index contributed by atoms with van der Waals surface area (Å²) in [5.41, 5.74) is 6.16. The van der Waals surface area contributed by atoms with Crippen LogP contribution in [-0.2, 0) is 6.42 Å². The van der Waals surface area contributed by atoms with Gasteiger partial charge in [0.2, 0.25) is 0 Å². The summed E-state index contributed by atoms with van der Waals surface area (Å²) >= 11 is 2.28. The summed E-state index contributed by atoms with van der Waals surface area (Å²) in [7, 11) is 0. The number of anilines is 1. The van der Waals surface area contributed by atoms with Gasteiger partial charge in [-0.1, -0.05) is 11.8 Å². The van der Waals surface area contributed by atoms with Crippen LogP contribution in [0.5, 0.6) is 0 Å². The second-order valence-electron chi connectivity index (χ2n) is 4.94. The number of halogens is 3. The third-order valence-electron chi connectivity index (χ3n) is 2.83. The summed E-state index contributed by atoms with van der Waals surface area (Å²) in [4.78, 5) is 17.5. The normalized spacial score (nSPS) is 12.9. The molecule has 0 aliphatic rings. The Balaban J connectivity index is 2.31. The van der Waals surface area contributed by atoms with E-state index in [2.05, 4.69) is 20.6 Å². The molecule has 0 aromatic carbocycles. The highest BCUT2D eigenvalue weighted by atomic mass is 32.2. The summed E-state index contributed by atoms with van der Waals surface area (Å²) in [5, 5.41) is 18.2. The molecule has 1 rings (SSSR count). The lowest BCUT2D eigenvalue weighted by Gasteiger charge is -2.04. The molecule has 146 valence electrons. The van der Waals surface area contributed by atoms with Crippen molar-refractivity contribution in [1.29, 1.82) is 0 Å². The smallest absolute Gasteiger partial charge is 0.385 e. The molecule has 1 aromatic heterocycles. The predicted octanol–water partition coefficient (Wildman–Crippen LogP) is 2.78. The molecule has 0 saturated carbocycles. The second kappa shape index (κ2) is 10.9. The van der Waals surface area contributed by atoms with E-state index in [0.717, 1.165) is 30.3 Å². The Morgan fingerprint density at radius 2 is 2.27 bits per heavy atom. The number of thioether (sulfide) groups is 1. The Labute approximate surface area is 156 Å². The number of hydrogen-bond acceptors (Lipinski definition) is 7. The Kier molecular flexibility index (Phi) is 9.19. The van der Waals surface area contributed by atoms with Crippen LogP contribution in [0.25, 0.3) is 0 Å². The molecule has 0 aliphatic heterocycles. The second-order valence-corrected chi connectivity index (χ2v) is 6.63.